The van der Waals surface area contributed by atoms with Crippen LogP contribution in [-0.4, -0.2) is 42.5 Å². The Labute approximate surface area is 129 Å². The number of rotatable bonds is 6. The molecule has 0 saturated carbocycles. The minimum Gasteiger partial charge on any atom is -0.494 e. The lowest BCUT2D eigenvalue weighted by molar-refractivity contribution is -0.130. The van der Waals surface area contributed by atoms with Crippen molar-refractivity contribution in [1.82, 2.24) is 10.2 Å². The monoisotopic (exact) mass is 312 g/mol. The Hall–Kier alpha value is -1.27. The van der Waals surface area contributed by atoms with E-state index in [-0.39, 0.29) is 23.9 Å². The van der Waals surface area contributed by atoms with Crippen molar-refractivity contribution in [2.45, 2.75) is 25.6 Å². The highest BCUT2D eigenvalue weighted by Crippen LogP contribution is 2.29. The van der Waals surface area contributed by atoms with Crippen molar-refractivity contribution in [2.24, 2.45) is 0 Å². The zero-order valence-corrected chi connectivity index (χ0v) is 13.4. The Bertz CT molecular complexity index is 512. The van der Waals surface area contributed by atoms with Crippen LogP contribution < -0.4 is 10.1 Å². The summed E-state index contributed by atoms with van der Waals surface area (Å²) in [5.74, 6) is 0.746. The maximum atomic E-state index is 13.9. The van der Waals surface area contributed by atoms with Crippen molar-refractivity contribution in [2.75, 3.05) is 25.7 Å². The molecule has 0 aromatic heterocycles. The number of methoxy groups -OCH3 is 1. The van der Waals surface area contributed by atoms with Crippen molar-refractivity contribution in [3.8, 4) is 5.75 Å². The van der Waals surface area contributed by atoms with E-state index in [1.165, 1.54) is 13.2 Å². The van der Waals surface area contributed by atoms with Crippen molar-refractivity contribution in [3.63, 3.8) is 0 Å². The maximum absolute atomic E-state index is 13.9. The summed E-state index contributed by atoms with van der Waals surface area (Å²) in [5, 5.41) is 3.17. The Balaban J connectivity index is 2.28. The van der Waals surface area contributed by atoms with Gasteiger partial charge >= 0.3 is 0 Å². The zero-order chi connectivity index (χ0) is 15.4. The number of hydrogen-bond donors (Lipinski definition) is 1. The molecule has 0 radical (unpaired) electrons. The largest absolute Gasteiger partial charge is 0.494 e. The fraction of sp³-hybridized carbons (Fsp3) is 0.533. The SMILES string of the molecule is CCC(CSC)N1C(=O)CNC1c1ccc(OC)c(F)c1. The molecule has 1 aliphatic rings. The Morgan fingerprint density at radius 1 is 1.57 bits per heavy atom. The predicted molar refractivity (Wildman–Crippen MR) is 83.0 cm³/mol. The van der Waals surface area contributed by atoms with Crippen LogP contribution in [0.15, 0.2) is 18.2 Å². The molecule has 2 rings (SSSR count). The molecule has 2 unspecified atom stereocenters. The van der Waals surface area contributed by atoms with E-state index in [2.05, 4.69) is 12.2 Å². The molecule has 0 aliphatic carbocycles. The lowest BCUT2D eigenvalue weighted by Gasteiger charge is -2.32. The number of halogens is 1. The molecule has 116 valence electrons. The number of ether oxygens (including phenoxy) is 1. The van der Waals surface area contributed by atoms with Crippen LogP contribution in [0.2, 0.25) is 0 Å². The first kappa shape index (κ1) is 16.1. The summed E-state index contributed by atoms with van der Waals surface area (Å²) in [6.07, 6.45) is 2.64. The highest BCUT2D eigenvalue weighted by Gasteiger charge is 2.36. The molecule has 4 nitrogen and oxygen atoms in total. The lowest BCUT2D eigenvalue weighted by Crippen LogP contribution is -2.40. The number of hydrogen-bond acceptors (Lipinski definition) is 4. The van der Waals surface area contributed by atoms with Gasteiger partial charge in [-0.25, -0.2) is 4.39 Å². The van der Waals surface area contributed by atoms with Gasteiger partial charge in [0.05, 0.1) is 13.7 Å². The van der Waals surface area contributed by atoms with Gasteiger partial charge in [0.2, 0.25) is 5.91 Å². The van der Waals surface area contributed by atoms with Gasteiger partial charge in [0, 0.05) is 11.8 Å². The van der Waals surface area contributed by atoms with Crippen LogP contribution in [0.1, 0.15) is 25.1 Å². The molecule has 1 aliphatic heterocycles. The number of carbonyl (C=O) groups excluding carboxylic acids is 1. The molecule has 21 heavy (non-hydrogen) atoms. The van der Waals surface area contributed by atoms with E-state index < -0.39 is 5.82 Å². The van der Waals surface area contributed by atoms with E-state index >= 15 is 0 Å². The van der Waals surface area contributed by atoms with Crippen LogP contribution >= 0.6 is 11.8 Å². The smallest absolute Gasteiger partial charge is 0.238 e. The molecule has 1 aromatic carbocycles. The minimum absolute atomic E-state index is 0.0668. The van der Waals surface area contributed by atoms with Crippen molar-refractivity contribution < 1.29 is 13.9 Å². The lowest BCUT2D eigenvalue weighted by atomic mass is 10.1. The first-order chi connectivity index (χ1) is 10.1. The van der Waals surface area contributed by atoms with E-state index in [0.29, 0.717) is 6.54 Å². The third kappa shape index (κ3) is 3.32. The topological polar surface area (TPSA) is 41.6 Å². The van der Waals surface area contributed by atoms with Gasteiger partial charge in [-0.05, 0) is 30.4 Å². The Morgan fingerprint density at radius 2 is 2.33 bits per heavy atom. The van der Waals surface area contributed by atoms with E-state index in [0.717, 1.165) is 17.7 Å². The molecular weight excluding hydrogens is 291 g/mol. The summed E-state index contributed by atoms with van der Waals surface area (Å²) in [6.45, 7) is 2.36. The van der Waals surface area contributed by atoms with Crippen molar-refractivity contribution >= 4 is 17.7 Å². The quantitative estimate of drug-likeness (QED) is 0.876. The molecule has 6 heteroatoms. The van der Waals surface area contributed by atoms with Gasteiger partial charge in [-0.2, -0.15) is 11.8 Å². The number of benzene rings is 1. The van der Waals surface area contributed by atoms with Gasteiger partial charge in [-0.1, -0.05) is 13.0 Å². The highest BCUT2D eigenvalue weighted by molar-refractivity contribution is 7.98. The summed E-state index contributed by atoms with van der Waals surface area (Å²) in [5.41, 5.74) is 0.749. The zero-order valence-electron chi connectivity index (χ0n) is 12.6. The summed E-state index contributed by atoms with van der Waals surface area (Å²) >= 11 is 1.71. The number of thioether (sulfide) groups is 1. The number of amides is 1. The molecule has 0 bridgehead atoms. The molecule has 0 spiro atoms. The maximum Gasteiger partial charge on any atom is 0.238 e. The number of nitrogens with one attached hydrogen (secondary N) is 1. The Morgan fingerprint density at radius 3 is 2.90 bits per heavy atom. The van der Waals surface area contributed by atoms with Crippen molar-refractivity contribution in [1.29, 1.82) is 0 Å². The van der Waals surface area contributed by atoms with E-state index in [1.54, 1.807) is 23.9 Å². The van der Waals surface area contributed by atoms with E-state index in [9.17, 15) is 9.18 Å². The summed E-state index contributed by atoms with van der Waals surface area (Å²) < 4.78 is 18.8. The summed E-state index contributed by atoms with van der Waals surface area (Å²) in [6, 6.07) is 4.99. The standard InChI is InChI=1S/C15H21FN2O2S/c1-4-11(9-21-3)18-14(19)8-17-15(18)10-5-6-13(20-2)12(16)7-10/h5-7,11,15,17H,4,8-9H2,1-3H3. The number of nitrogens with zero attached hydrogens (tertiary/aromatic N) is 1. The minimum atomic E-state index is -0.408. The van der Waals surface area contributed by atoms with Crippen LogP contribution in [0.4, 0.5) is 4.39 Å². The van der Waals surface area contributed by atoms with E-state index in [4.69, 9.17) is 4.74 Å². The second-order valence-corrected chi connectivity index (χ2v) is 5.91. The van der Waals surface area contributed by atoms with Gasteiger partial charge in [0.25, 0.3) is 0 Å². The van der Waals surface area contributed by atoms with Crippen LogP contribution in [0.25, 0.3) is 0 Å². The molecule has 1 fully saturated rings. The Kier molecular flexibility index (Phi) is 5.47. The van der Waals surface area contributed by atoms with Crippen molar-refractivity contribution in [3.05, 3.63) is 29.6 Å². The van der Waals surface area contributed by atoms with Gasteiger partial charge in [-0.15, -0.1) is 0 Å². The van der Waals surface area contributed by atoms with Crippen LogP contribution in [-0.2, 0) is 4.79 Å². The fourth-order valence-electron chi connectivity index (χ4n) is 2.65. The molecule has 1 heterocycles. The molecule has 1 N–H and O–H groups in total. The molecule has 1 amide bonds. The van der Waals surface area contributed by atoms with E-state index in [1.807, 2.05) is 11.2 Å². The fourth-order valence-corrected chi connectivity index (χ4v) is 3.43. The average molecular weight is 312 g/mol. The van der Waals surface area contributed by atoms with Gasteiger partial charge in [-0.3, -0.25) is 10.1 Å². The van der Waals surface area contributed by atoms with Crippen LogP contribution in [0.5, 0.6) is 5.75 Å². The second kappa shape index (κ2) is 7.13. The van der Waals surface area contributed by atoms with Gasteiger partial charge in [0.15, 0.2) is 11.6 Å². The normalized spacial score (nSPS) is 19.9. The summed E-state index contributed by atoms with van der Waals surface area (Å²) in [4.78, 5) is 14.0. The second-order valence-electron chi connectivity index (χ2n) is 5.00. The molecule has 1 saturated heterocycles. The predicted octanol–water partition coefficient (Wildman–Crippen LogP) is 2.41. The molecule has 2 atom stereocenters. The van der Waals surface area contributed by atoms with Crippen LogP contribution in [0.3, 0.4) is 0 Å². The highest BCUT2D eigenvalue weighted by atomic mass is 32.2. The third-order valence-electron chi connectivity index (χ3n) is 3.73. The summed E-state index contributed by atoms with van der Waals surface area (Å²) in [7, 11) is 1.44. The average Bonchev–Trinajstić information content (AvgIpc) is 2.86. The van der Waals surface area contributed by atoms with Gasteiger partial charge in [0.1, 0.15) is 6.17 Å². The van der Waals surface area contributed by atoms with Crippen LogP contribution in [0, 0.1) is 5.82 Å². The van der Waals surface area contributed by atoms with Gasteiger partial charge < -0.3 is 9.64 Å². The first-order valence-electron chi connectivity index (χ1n) is 6.99. The first-order valence-corrected chi connectivity index (χ1v) is 8.38. The molecule has 1 aromatic rings. The molecular formula is C15H21FN2O2S. The number of carbonyl (C=O) groups is 1. The third-order valence-corrected chi connectivity index (χ3v) is 4.45.